The van der Waals surface area contributed by atoms with E-state index in [0.29, 0.717) is 12.1 Å². The Hall–Kier alpha value is -2.10. The highest BCUT2D eigenvalue weighted by Gasteiger charge is 2.20. The number of carbonyl (C=O) groups excluding carboxylic acids is 2. The molecule has 4 heteroatoms. The van der Waals surface area contributed by atoms with E-state index < -0.39 is 5.60 Å². The quantitative estimate of drug-likeness (QED) is 0.672. The second-order valence-electron chi connectivity index (χ2n) is 6.19. The molecule has 1 amide bonds. The first-order valence-electron chi connectivity index (χ1n) is 7.09. The minimum atomic E-state index is -0.507. The molecule has 0 atom stereocenters. The second-order valence-corrected chi connectivity index (χ2v) is 6.19. The Morgan fingerprint density at radius 3 is 2.71 bits per heavy atom. The van der Waals surface area contributed by atoms with Crippen molar-refractivity contribution < 1.29 is 14.3 Å². The molecule has 1 aliphatic rings. The zero-order valence-corrected chi connectivity index (χ0v) is 12.9. The van der Waals surface area contributed by atoms with E-state index >= 15 is 0 Å². The SMILES string of the molecule is Cc1ccc2c(c1/C=C/C(=O)OC(C)(C)C)CCNC2=O. The Bertz CT molecular complexity index is 609. The van der Waals surface area contributed by atoms with Gasteiger partial charge in [0.1, 0.15) is 5.60 Å². The van der Waals surface area contributed by atoms with Gasteiger partial charge in [0.15, 0.2) is 0 Å². The average Bonchev–Trinajstić information content (AvgIpc) is 2.35. The van der Waals surface area contributed by atoms with Crippen molar-refractivity contribution >= 4 is 18.0 Å². The molecule has 0 spiro atoms. The maximum absolute atomic E-state index is 11.8. The van der Waals surface area contributed by atoms with Gasteiger partial charge in [-0.2, -0.15) is 0 Å². The van der Waals surface area contributed by atoms with E-state index in [1.165, 1.54) is 6.08 Å². The van der Waals surface area contributed by atoms with Gasteiger partial charge in [0.05, 0.1) is 0 Å². The van der Waals surface area contributed by atoms with Crippen molar-refractivity contribution in [2.75, 3.05) is 6.54 Å². The van der Waals surface area contributed by atoms with Crippen molar-refractivity contribution in [2.24, 2.45) is 0 Å². The normalized spacial score (nSPS) is 14.8. The second kappa shape index (κ2) is 5.72. The summed E-state index contributed by atoms with van der Waals surface area (Å²) in [5, 5.41) is 2.83. The van der Waals surface area contributed by atoms with Crippen LogP contribution in [0, 0.1) is 6.92 Å². The fraction of sp³-hybridized carbons (Fsp3) is 0.412. The van der Waals surface area contributed by atoms with Gasteiger partial charge in [-0.05, 0) is 62.9 Å². The molecule has 0 saturated carbocycles. The average molecular weight is 287 g/mol. The van der Waals surface area contributed by atoms with Gasteiger partial charge in [-0.25, -0.2) is 4.79 Å². The molecule has 0 bridgehead atoms. The standard InChI is InChI=1S/C17H21NO3/c1-11-5-6-14-13(9-10-18-16(14)20)12(11)7-8-15(19)21-17(2,3)4/h5-8H,9-10H2,1-4H3,(H,18,20)/b8-7+. The lowest BCUT2D eigenvalue weighted by atomic mass is 9.91. The smallest absolute Gasteiger partial charge is 0.331 e. The van der Waals surface area contributed by atoms with Gasteiger partial charge in [-0.3, -0.25) is 4.79 Å². The Labute approximate surface area is 125 Å². The summed E-state index contributed by atoms with van der Waals surface area (Å²) in [7, 11) is 0. The summed E-state index contributed by atoms with van der Waals surface area (Å²) in [6.45, 7) is 8.10. The molecule has 1 N–H and O–H groups in total. The van der Waals surface area contributed by atoms with Crippen LogP contribution in [0.4, 0.5) is 0 Å². The summed E-state index contributed by atoms with van der Waals surface area (Å²) in [5.41, 5.74) is 3.16. The summed E-state index contributed by atoms with van der Waals surface area (Å²) in [5.74, 6) is -0.428. The van der Waals surface area contributed by atoms with E-state index in [1.807, 2.05) is 39.8 Å². The molecule has 1 aliphatic heterocycles. The maximum Gasteiger partial charge on any atom is 0.331 e. The van der Waals surface area contributed by atoms with E-state index in [9.17, 15) is 9.59 Å². The topological polar surface area (TPSA) is 55.4 Å². The number of fused-ring (bicyclic) bond motifs is 1. The molecular weight excluding hydrogens is 266 g/mol. The third kappa shape index (κ3) is 3.72. The van der Waals surface area contributed by atoms with Crippen LogP contribution in [0.15, 0.2) is 18.2 Å². The lowest BCUT2D eigenvalue weighted by Crippen LogP contribution is -2.32. The number of carbonyl (C=O) groups is 2. The number of amides is 1. The zero-order chi connectivity index (χ0) is 15.6. The number of rotatable bonds is 2. The monoisotopic (exact) mass is 287 g/mol. The highest BCUT2D eigenvalue weighted by molar-refractivity contribution is 5.98. The lowest BCUT2D eigenvalue weighted by Gasteiger charge is -2.20. The van der Waals surface area contributed by atoms with Gasteiger partial charge >= 0.3 is 5.97 Å². The summed E-state index contributed by atoms with van der Waals surface area (Å²) in [6.07, 6.45) is 3.96. The molecule has 1 aromatic carbocycles. The molecule has 1 aromatic rings. The van der Waals surface area contributed by atoms with Gasteiger partial charge in [-0.15, -0.1) is 0 Å². The summed E-state index contributed by atoms with van der Waals surface area (Å²) in [4.78, 5) is 23.6. The predicted octanol–water partition coefficient (Wildman–Crippen LogP) is 2.64. The van der Waals surface area contributed by atoms with Gasteiger partial charge in [-0.1, -0.05) is 6.07 Å². The summed E-state index contributed by atoms with van der Waals surface area (Å²) < 4.78 is 5.26. The molecule has 0 aromatic heterocycles. The van der Waals surface area contributed by atoms with Crippen LogP contribution in [0.1, 0.15) is 47.8 Å². The van der Waals surface area contributed by atoms with Crippen LogP contribution in [-0.2, 0) is 16.0 Å². The van der Waals surface area contributed by atoms with Crippen LogP contribution in [0.3, 0.4) is 0 Å². The minimum Gasteiger partial charge on any atom is -0.457 e. The van der Waals surface area contributed by atoms with Gasteiger partial charge < -0.3 is 10.1 Å². The third-order valence-corrected chi connectivity index (χ3v) is 3.27. The third-order valence-electron chi connectivity index (χ3n) is 3.27. The molecule has 2 rings (SSSR count). The van der Waals surface area contributed by atoms with Crippen LogP contribution in [-0.4, -0.2) is 24.0 Å². The Kier molecular flexibility index (Phi) is 4.16. The van der Waals surface area contributed by atoms with Crippen molar-refractivity contribution in [3.05, 3.63) is 40.5 Å². The first-order chi connectivity index (χ1) is 9.78. The minimum absolute atomic E-state index is 0.0526. The Morgan fingerprint density at radius 2 is 2.05 bits per heavy atom. The molecule has 112 valence electrons. The van der Waals surface area contributed by atoms with Gasteiger partial charge in [0.25, 0.3) is 5.91 Å². The number of esters is 1. The first kappa shape index (κ1) is 15.3. The molecule has 0 aliphatic carbocycles. The van der Waals surface area contributed by atoms with Gasteiger partial charge in [0, 0.05) is 18.2 Å². The largest absolute Gasteiger partial charge is 0.457 e. The number of nitrogens with one attached hydrogen (secondary N) is 1. The molecule has 0 saturated heterocycles. The number of hydrogen-bond acceptors (Lipinski definition) is 3. The fourth-order valence-electron chi connectivity index (χ4n) is 2.38. The highest BCUT2D eigenvalue weighted by atomic mass is 16.6. The van der Waals surface area contributed by atoms with E-state index in [0.717, 1.165) is 23.1 Å². The van der Waals surface area contributed by atoms with Crippen molar-refractivity contribution in [1.82, 2.24) is 5.32 Å². The molecule has 21 heavy (non-hydrogen) atoms. The van der Waals surface area contributed by atoms with E-state index in [-0.39, 0.29) is 11.9 Å². The number of benzene rings is 1. The number of hydrogen-bond donors (Lipinski definition) is 1. The Morgan fingerprint density at radius 1 is 1.33 bits per heavy atom. The van der Waals surface area contributed by atoms with Crippen molar-refractivity contribution in [2.45, 2.75) is 39.7 Å². The zero-order valence-electron chi connectivity index (χ0n) is 12.9. The molecule has 1 heterocycles. The molecular formula is C17H21NO3. The summed E-state index contributed by atoms with van der Waals surface area (Å²) in [6, 6.07) is 3.74. The van der Waals surface area contributed by atoms with Crippen molar-refractivity contribution in [3.63, 3.8) is 0 Å². The maximum atomic E-state index is 11.8. The molecule has 0 fully saturated rings. The van der Waals surface area contributed by atoms with E-state index in [1.54, 1.807) is 6.08 Å². The molecule has 0 unspecified atom stereocenters. The fourth-order valence-corrected chi connectivity index (χ4v) is 2.38. The van der Waals surface area contributed by atoms with E-state index in [2.05, 4.69) is 5.32 Å². The number of aryl methyl sites for hydroxylation is 1. The van der Waals surface area contributed by atoms with Crippen LogP contribution in [0.25, 0.3) is 6.08 Å². The summed E-state index contributed by atoms with van der Waals surface area (Å²) >= 11 is 0. The molecule has 0 radical (unpaired) electrons. The van der Waals surface area contributed by atoms with Crippen LogP contribution in [0.2, 0.25) is 0 Å². The predicted molar refractivity (Wildman–Crippen MR) is 82.1 cm³/mol. The Balaban J connectivity index is 2.30. The van der Waals surface area contributed by atoms with Crippen LogP contribution in [0.5, 0.6) is 0 Å². The molecule has 4 nitrogen and oxygen atoms in total. The van der Waals surface area contributed by atoms with Crippen LogP contribution >= 0.6 is 0 Å². The van der Waals surface area contributed by atoms with Crippen LogP contribution < -0.4 is 5.32 Å². The lowest BCUT2D eigenvalue weighted by molar-refractivity contribution is -0.148. The van der Waals surface area contributed by atoms with E-state index in [4.69, 9.17) is 4.74 Å². The van der Waals surface area contributed by atoms with Gasteiger partial charge in [0.2, 0.25) is 0 Å². The highest BCUT2D eigenvalue weighted by Crippen LogP contribution is 2.23. The first-order valence-corrected chi connectivity index (χ1v) is 7.09. The van der Waals surface area contributed by atoms with Crippen molar-refractivity contribution in [1.29, 1.82) is 0 Å². The van der Waals surface area contributed by atoms with Crippen molar-refractivity contribution in [3.8, 4) is 0 Å². The number of ether oxygens (including phenoxy) is 1.